The molecule has 16 N–H and O–H groups in total. The maximum atomic E-state index is 13.4. The van der Waals surface area contributed by atoms with Crippen molar-refractivity contribution in [3.05, 3.63) is 220 Å². The molecule has 0 radical (unpaired) electrons. The minimum Gasteiger partial charge on any atom is -0.487 e. The van der Waals surface area contributed by atoms with Crippen molar-refractivity contribution in [1.29, 1.82) is 0 Å². The van der Waals surface area contributed by atoms with Crippen LogP contribution in [0.15, 0.2) is 161 Å². The lowest BCUT2D eigenvalue weighted by atomic mass is 9.85. The van der Waals surface area contributed by atoms with E-state index in [1.165, 1.54) is 128 Å². The topological polar surface area (TPSA) is 647 Å². The summed E-state index contributed by atoms with van der Waals surface area (Å²) in [6, 6.07) is 22.8. The molecule has 2 aromatic carbocycles. The molecule has 5 saturated carbocycles. The molecule has 49 heteroatoms. The zero-order chi connectivity index (χ0) is 98.9. The SMILES string of the molecule is C.CC(C)(O)c1ccc(C(=O)c2cncnc2N[C@@H]2C[C@H](COS(N)(=O)=O)[C@@H](O)[C@H]2O)s1.CC(C)Oc1ccccc1OCc1csc(C(=O)c2cncnc2C[C@@H]2C[C@H](COS(N)(=O)=O)[C@@H](O)C2)c1.NS(=O)(=O)OC[C@H]1C[C@@H](Cc2ncncc2C(=O)c2cc(CC3CCCCC3)cs2)C[C@@H]1O.NS(=O)(=O)OC[C@H]1C[C@@H](Nc2ncncc2C(=O)c2cc(S(=O)(=O)c3ccccc3)cs2)C[C@@H]1O. The number of carbonyl (C=O) groups is 4. The summed E-state index contributed by atoms with van der Waals surface area (Å²) in [5.41, 5.74) is 3.41. The summed E-state index contributed by atoms with van der Waals surface area (Å²) < 4.78 is 144. The highest BCUT2D eigenvalue weighted by molar-refractivity contribution is 7.91. The van der Waals surface area contributed by atoms with Crippen LogP contribution in [0.4, 0.5) is 11.6 Å². The Morgan fingerprint density at radius 3 is 1.42 bits per heavy atom. The predicted octanol–water partition coefficient (Wildman–Crippen LogP) is 8.07. The first-order chi connectivity index (χ1) is 64.8. The van der Waals surface area contributed by atoms with Gasteiger partial charge in [-0.05, 0) is 181 Å². The number of hydrogen-bond donors (Lipinski definition) is 12. The normalized spacial score (nSPS) is 21.9. The van der Waals surface area contributed by atoms with Crippen molar-refractivity contribution in [3.8, 4) is 11.5 Å². The van der Waals surface area contributed by atoms with Gasteiger partial charge >= 0.3 is 41.2 Å². The van der Waals surface area contributed by atoms with Crippen LogP contribution in [0, 0.1) is 41.4 Å². The molecule has 13 atom stereocenters. The second kappa shape index (κ2) is 48.4. The van der Waals surface area contributed by atoms with Gasteiger partial charge in [-0.2, -0.15) is 33.7 Å². The third-order valence-corrected chi connectivity index (χ3v) is 31.6. The van der Waals surface area contributed by atoms with Crippen LogP contribution in [0.3, 0.4) is 0 Å². The lowest BCUT2D eigenvalue weighted by molar-refractivity contribution is 0.00778. The molecule has 0 aliphatic heterocycles. The maximum Gasteiger partial charge on any atom is 0.333 e. The Hall–Kier alpha value is -9.37. The van der Waals surface area contributed by atoms with E-state index < -0.39 is 111 Å². The number of nitrogens with two attached hydrogens (primary N) is 4. The Morgan fingerprint density at radius 1 is 0.464 bits per heavy atom. The second-order valence-corrected chi connectivity index (χ2v) is 45.5. The molecular formula is C89H112N14O26S9. The van der Waals surface area contributed by atoms with Crippen LogP contribution < -0.4 is 40.7 Å². The number of anilines is 2. The van der Waals surface area contributed by atoms with Gasteiger partial charge in [0.15, 0.2) is 11.5 Å². The van der Waals surface area contributed by atoms with Gasteiger partial charge in [-0.3, -0.25) is 35.9 Å². The quantitative estimate of drug-likeness (QED) is 0.0163. The summed E-state index contributed by atoms with van der Waals surface area (Å²) >= 11 is 4.94. The van der Waals surface area contributed by atoms with Crippen LogP contribution in [0.25, 0.3) is 0 Å². The Bertz CT molecular complexity index is 6420. The number of sulfone groups is 1. The van der Waals surface area contributed by atoms with Crippen molar-refractivity contribution in [2.75, 3.05) is 37.1 Å². The summed E-state index contributed by atoms with van der Waals surface area (Å²) in [4.78, 5) is 88.3. The molecule has 5 aliphatic carbocycles. The van der Waals surface area contributed by atoms with E-state index >= 15 is 0 Å². The van der Waals surface area contributed by atoms with E-state index in [-0.39, 0.29) is 144 Å². The molecule has 748 valence electrons. The Balaban J connectivity index is 0.000000176. The lowest BCUT2D eigenvalue weighted by Gasteiger charge is -2.20. The molecule has 8 aromatic heterocycles. The number of aromatic nitrogens is 8. The molecule has 138 heavy (non-hydrogen) atoms. The van der Waals surface area contributed by atoms with Crippen molar-refractivity contribution in [3.63, 3.8) is 0 Å². The smallest absolute Gasteiger partial charge is 0.333 e. The van der Waals surface area contributed by atoms with Crippen LogP contribution in [0.2, 0.25) is 0 Å². The van der Waals surface area contributed by atoms with Gasteiger partial charge in [0.05, 0.1) is 132 Å². The Morgan fingerprint density at radius 2 is 0.906 bits per heavy atom. The highest BCUT2D eigenvalue weighted by Gasteiger charge is 2.44. The van der Waals surface area contributed by atoms with Gasteiger partial charge in [-0.25, -0.2) is 68.8 Å². The summed E-state index contributed by atoms with van der Waals surface area (Å²) in [6.45, 7) is 6.44. The molecule has 0 unspecified atom stereocenters. The zero-order valence-electron chi connectivity index (χ0n) is 74.6. The highest BCUT2D eigenvalue weighted by atomic mass is 32.3. The molecule has 5 fully saturated rings. The van der Waals surface area contributed by atoms with Gasteiger partial charge in [0.2, 0.25) is 33.0 Å². The lowest BCUT2D eigenvalue weighted by Crippen LogP contribution is -2.36. The predicted molar refractivity (Wildman–Crippen MR) is 512 cm³/mol. The third-order valence-electron chi connectivity index (χ3n) is 23.6. The number of nitrogens with zero attached hydrogens (tertiary/aromatic N) is 8. The van der Waals surface area contributed by atoms with Crippen LogP contribution in [-0.2, 0) is 99.3 Å². The van der Waals surface area contributed by atoms with E-state index in [0.29, 0.717) is 104 Å². The van der Waals surface area contributed by atoms with Crippen LogP contribution >= 0.6 is 45.3 Å². The van der Waals surface area contributed by atoms with E-state index in [1.54, 1.807) is 56.4 Å². The van der Waals surface area contributed by atoms with Gasteiger partial charge in [0, 0.05) is 70.3 Å². The number of rotatable bonds is 38. The number of ketones is 4. The average Bonchev–Trinajstić information content (AvgIpc) is 1.62. The van der Waals surface area contributed by atoms with E-state index in [0.717, 1.165) is 34.7 Å². The molecule has 0 amide bonds. The summed E-state index contributed by atoms with van der Waals surface area (Å²) in [5.74, 6) is -0.511. The Kier molecular flexibility index (Phi) is 38.2. The number of carbonyl (C=O) groups excluding carboxylic acids is 4. The molecule has 40 nitrogen and oxygen atoms in total. The molecule has 8 heterocycles. The fraction of sp³-hybridized carbons (Fsp3) is 0.461. The summed E-state index contributed by atoms with van der Waals surface area (Å²) in [6.07, 6.45) is 17.6. The number of nitrogens with one attached hydrogen (secondary N) is 2. The van der Waals surface area contributed by atoms with Crippen molar-refractivity contribution < 1.29 is 118 Å². The van der Waals surface area contributed by atoms with Crippen LogP contribution in [-0.4, -0.2) is 211 Å². The summed E-state index contributed by atoms with van der Waals surface area (Å²) in [5, 5.41) is 92.5. The molecule has 0 saturated heterocycles. The number of benzene rings is 2. The summed E-state index contributed by atoms with van der Waals surface area (Å²) in [7, 11) is -20.2. The van der Waals surface area contributed by atoms with E-state index in [2.05, 4.69) is 72.6 Å². The molecule has 10 aromatic rings. The fourth-order valence-electron chi connectivity index (χ4n) is 16.8. The largest absolute Gasteiger partial charge is 0.487 e. The second-order valence-electron chi connectivity index (χ2n) is 34.8. The van der Waals surface area contributed by atoms with Gasteiger partial charge in [-0.1, -0.05) is 69.9 Å². The zero-order valence-corrected chi connectivity index (χ0v) is 82.0. The number of aliphatic hydroxyl groups excluding tert-OH is 5. The van der Waals surface area contributed by atoms with Crippen LogP contribution in [0.5, 0.6) is 11.5 Å². The van der Waals surface area contributed by atoms with E-state index in [4.69, 9.17) is 30.0 Å². The maximum absolute atomic E-state index is 13.4. The molecule has 15 rings (SSSR count). The van der Waals surface area contributed by atoms with Crippen molar-refractivity contribution >= 4 is 131 Å². The number of aliphatic hydroxyl groups is 6. The van der Waals surface area contributed by atoms with Gasteiger partial charge in [0.1, 0.15) is 49.7 Å². The van der Waals surface area contributed by atoms with Gasteiger partial charge < -0.3 is 50.7 Å². The number of thiophene rings is 4. The molecule has 0 bridgehead atoms. The van der Waals surface area contributed by atoms with Gasteiger partial charge in [0.25, 0.3) is 0 Å². The van der Waals surface area contributed by atoms with Gasteiger partial charge in [-0.15, -0.1) is 45.3 Å². The minimum atomic E-state index is -4.18. The van der Waals surface area contributed by atoms with Crippen molar-refractivity contribution in [2.24, 2.45) is 62.0 Å². The molecule has 0 spiro atoms. The highest BCUT2D eigenvalue weighted by Crippen LogP contribution is 2.41. The number of para-hydroxylation sites is 2. The van der Waals surface area contributed by atoms with Crippen molar-refractivity contribution in [1.82, 2.24) is 39.9 Å². The molecule has 5 aliphatic rings. The first-order valence-electron chi connectivity index (χ1n) is 43.5. The van der Waals surface area contributed by atoms with Crippen molar-refractivity contribution in [2.45, 2.75) is 202 Å². The Labute approximate surface area is 816 Å². The fourth-order valence-corrected chi connectivity index (χ4v) is 23.5. The van der Waals surface area contributed by atoms with E-state index in [9.17, 15) is 91.9 Å². The first kappa shape index (κ1) is 109. The molecular weight excluding hydrogens is 1970 g/mol. The van der Waals surface area contributed by atoms with Crippen LogP contribution in [0.1, 0.15) is 201 Å². The van der Waals surface area contributed by atoms with E-state index in [1.807, 2.05) is 49.6 Å². The monoisotopic (exact) mass is 2080 g/mol. The standard InChI is InChI=1S/C26H31N3O7S2.C23H31N3O5S2.C21H22N4O7S3.C18H24N4O7S2.CH4/c1-16(2)36-24-6-4-3-5-23(24)34-12-18-10-25(37-14-18)26(31)20-11-28-15-29-21(20)8-17-7-19(22(30)9-17)13-35-38(27,32)33;24-33(29,30)31-12-18-7-16(9-21(18)27)8-20-19(11-25-14-26-20)23(28)22-10-17(13-32-22)6-15-4-2-1-3-5-15;22-35(30,31)32-10-13-6-14(7-18(13)26)25-21-17(9-23-12-24-21)20(27)19-8-16(11-33-19)34(28,29)15-4-2-1-3-5-15;1-18(2,26)13-4-3-12(30-13)15(24)10-6-20-8-21-17(10)22-11-5-9(14(23)16(11)25)7-29-31(19,27)28;/h3-6,10-11,14-17,19,22,30H,7-9,12-13H2,1-2H3,(H2,27,32,33);10-11,13-16,18,21,27H,1-9,12H2,(H2,24,29,30);1-5,8-9,11-14,18,26H,6-7,10H2,(H2,22,30,31)(H,23,24,25);3-4,6,8-9,11,14,16,23,25-26H,5,7H2,1-2H3,(H2,19,27,28)(H,20,21,22);1H4/t17-,19+,22-;16-,18+,21-;13-,14-,18+;9-,11-,14-,16+;/m0011./s1. The number of hydrogen-bond acceptors (Lipinski definition) is 40. The first-order valence-corrected chi connectivity index (χ1v) is 54.3. The third kappa shape index (κ3) is 31.3. The minimum absolute atomic E-state index is 0. The number of ether oxygens (including phenoxy) is 2. The average molecular weight is 2080 g/mol.